The Hall–Kier alpha value is -0.860. The van der Waals surface area contributed by atoms with E-state index >= 15 is 0 Å². The monoisotopic (exact) mass is 235 g/mol. The largest absolute Gasteiger partial charge is 0.394 e. The average molecular weight is 235 g/mol. The zero-order chi connectivity index (χ0) is 12.7. The van der Waals surface area contributed by atoms with E-state index in [1.165, 1.54) is 18.4 Å². The van der Waals surface area contributed by atoms with E-state index in [-0.39, 0.29) is 12.1 Å². The number of benzene rings is 1. The molecule has 0 heterocycles. The van der Waals surface area contributed by atoms with Crippen LogP contribution in [0.15, 0.2) is 30.3 Å². The molecule has 0 radical (unpaired) electrons. The van der Waals surface area contributed by atoms with Gasteiger partial charge in [-0.15, -0.1) is 0 Å². The van der Waals surface area contributed by atoms with Crippen molar-refractivity contribution in [1.29, 1.82) is 0 Å². The van der Waals surface area contributed by atoms with Gasteiger partial charge in [-0.25, -0.2) is 0 Å². The van der Waals surface area contributed by atoms with E-state index in [0.717, 1.165) is 13.0 Å². The summed E-state index contributed by atoms with van der Waals surface area (Å²) in [7, 11) is 2.08. The molecule has 0 aliphatic heterocycles. The van der Waals surface area contributed by atoms with Crippen LogP contribution in [0.4, 0.5) is 0 Å². The van der Waals surface area contributed by atoms with Gasteiger partial charge in [-0.2, -0.15) is 0 Å². The first-order chi connectivity index (χ1) is 8.06. The highest BCUT2D eigenvalue weighted by atomic mass is 16.3. The fourth-order valence-electron chi connectivity index (χ4n) is 1.75. The SMILES string of the molecule is CN(CCCCc1ccccc1)C(C)(C)CO. The summed E-state index contributed by atoms with van der Waals surface area (Å²) >= 11 is 0. The summed E-state index contributed by atoms with van der Waals surface area (Å²) in [6.07, 6.45) is 3.53. The van der Waals surface area contributed by atoms with Crippen LogP contribution >= 0.6 is 0 Å². The van der Waals surface area contributed by atoms with Crippen molar-refractivity contribution in [2.75, 3.05) is 20.2 Å². The molecule has 1 N–H and O–H groups in total. The molecule has 0 atom stereocenters. The van der Waals surface area contributed by atoms with Gasteiger partial charge in [0.15, 0.2) is 0 Å². The van der Waals surface area contributed by atoms with E-state index in [1.807, 2.05) is 0 Å². The number of aliphatic hydroxyl groups is 1. The molecule has 17 heavy (non-hydrogen) atoms. The molecule has 0 spiro atoms. The number of unbranched alkanes of at least 4 members (excludes halogenated alkanes) is 1. The van der Waals surface area contributed by atoms with Crippen molar-refractivity contribution in [2.24, 2.45) is 0 Å². The Labute approximate surface area is 105 Å². The maximum Gasteiger partial charge on any atom is 0.0609 e. The number of hydrogen-bond donors (Lipinski definition) is 1. The Balaban J connectivity index is 2.21. The van der Waals surface area contributed by atoms with E-state index < -0.39 is 0 Å². The maximum absolute atomic E-state index is 9.26. The second kappa shape index (κ2) is 6.77. The van der Waals surface area contributed by atoms with E-state index in [0.29, 0.717) is 0 Å². The minimum absolute atomic E-state index is 0.104. The predicted molar refractivity (Wildman–Crippen MR) is 73.2 cm³/mol. The van der Waals surface area contributed by atoms with Crippen LogP contribution in [-0.4, -0.2) is 35.7 Å². The fourth-order valence-corrected chi connectivity index (χ4v) is 1.75. The van der Waals surface area contributed by atoms with Crippen LogP contribution in [0, 0.1) is 0 Å². The Morgan fingerprint density at radius 1 is 1.12 bits per heavy atom. The van der Waals surface area contributed by atoms with Gasteiger partial charge < -0.3 is 5.11 Å². The molecule has 0 fully saturated rings. The van der Waals surface area contributed by atoms with Crippen molar-refractivity contribution in [1.82, 2.24) is 4.90 Å². The highest BCUT2D eigenvalue weighted by Crippen LogP contribution is 2.12. The highest BCUT2D eigenvalue weighted by Gasteiger charge is 2.21. The third kappa shape index (κ3) is 4.88. The molecule has 2 heteroatoms. The lowest BCUT2D eigenvalue weighted by molar-refractivity contribution is 0.0778. The Bertz CT molecular complexity index is 308. The molecule has 0 unspecified atom stereocenters. The maximum atomic E-state index is 9.26. The molecule has 0 saturated heterocycles. The van der Waals surface area contributed by atoms with Crippen molar-refractivity contribution in [3.05, 3.63) is 35.9 Å². The van der Waals surface area contributed by atoms with Gasteiger partial charge >= 0.3 is 0 Å². The molecule has 1 aromatic carbocycles. The van der Waals surface area contributed by atoms with Crippen LogP contribution in [0.5, 0.6) is 0 Å². The van der Waals surface area contributed by atoms with Gasteiger partial charge in [0.05, 0.1) is 6.61 Å². The molecular weight excluding hydrogens is 210 g/mol. The number of aryl methyl sites for hydroxylation is 1. The average Bonchev–Trinajstić information content (AvgIpc) is 2.35. The molecular formula is C15H25NO. The van der Waals surface area contributed by atoms with Crippen LogP contribution in [0.1, 0.15) is 32.3 Å². The van der Waals surface area contributed by atoms with Crippen molar-refractivity contribution in [3.63, 3.8) is 0 Å². The Morgan fingerprint density at radius 2 is 1.76 bits per heavy atom. The van der Waals surface area contributed by atoms with Crippen molar-refractivity contribution in [3.8, 4) is 0 Å². The summed E-state index contributed by atoms with van der Waals surface area (Å²) in [5.74, 6) is 0. The summed E-state index contributed by atoms with van der Waals surface area (Å²) in [5.41, 5.74) is 1.31. The van der Waals surface area contributed by atoms with Gasteiger partial charge in [0.25, 0.3) is 0 Å². The van der Waals surface area contributed by atoms with E-state index in [4.69, 9.17) is 0 Å². The third-order valence-corrected chi connectivity index (χ3v) is 3.47. The molecule has 0 amide bonds. The fraction of sp³-hybridized carbons (Fsp3) is 0.600. The third-order valence-electron chi connectivity index (χ3n) is 3.47. The summed E-state index contributed by atoms with van der Waals surface area (Å²) in [6.45, 7) is 5.40. The van der Waals surface area contributed by atoms with Crippen molar-refractivity contribution in [2.45, 2.75) is 38.6 Å². The zero-order valence-electron chi connectivity index (χ0n) is 11.3. The van der Waals surface area contributed by atoms with E-state index in [2.05, 4.69) is 56.1 Å². The van der Waals surface area contributed by atoms with Gasteiger partial charge in [-0.3, -0.25) is 4.90 Å². The minimum Gasteiger partial charge on any atom is -0.394 e. The topological polar surface area (TPSA) is 23.5 Å². The van der Waals surface area contributed by atoms with E-state index in [1.54, 1.807) is 0 Å². The van der Waals surface area contributed by atoms with Crippen molar-refractivity contribution < 1.29 is 5.11 Å². The normalized spacial score (nSPS) is 12.1. The molecule has 1 aromatic rings. The minimum atomic E-state index is -0.104. The predicted octanol–water partition coefficient (Wildman–Crippen LogP) is 2.71. The second-order valence-corrected chi connectivity index (χ2v) is 5.33. The van der Waals surface area contributed by atoms with Gasteiger partial charge in [0, 0.05) is 5.54 Å². The van der Waals surface area contributed by atoms with Crippen LogP contribution in [-0.2, 0) is 6.42 Å². The first kappa shape index (κ1) is 14.2. The quantitative estimate of drug-likeness (QED) is 0.735. The number of hydrogen-bond acceptors (Lipinski definition) is 2. The van der Waals surface area contributed by atoms with Gasteiger partial charge in [-0.05, 0) is 52.3 Å². The van der Waals surface area contributed by atoms with Gasteiger partial charge in [0.1, 0.15) is 0 Å². The molecule has 0 bridgehead atoms. The van der Waals surface area contributed by atoms with Crippen LogP contribution in [0.2, 0.25) is 0 Å². The van der Waals surface area contributed by atoms with E-state index in [9.17, 15) is 5.11 Å². The molecule has 0 aliphatic carbocycles. The van der Waals surface area contributed by atoms with Gasteiger partial charge in [-0.1, -0.05) is 30.3 Å². The Kier molecular flexibility index (Phi) is 5.66. The zero-order valence-corrected chi connectivity index (χ0v) is 11.3. The lowest BCUT2D eigenvalue weighted by Gasteiger charge is -2.33. The number of rotatable bonds is 7. The summed E-state index contributed by atoms with van der Waals surface area (Å²) in [6, 6.07) is 10.6. The number of aliphatic hydroxyl groups excluding tert-OH is 1. The Morgan fingerprint density at radius 3 is 2.35 bits per heavy atom. The highest BCUT2D eigenvalue weighted by molar-refractivity contribution is 5.14. The molecule has 96 valence electrons. The number of likely N-dealkylation sites (N-methyl/N-ethyl adjacent to an activating group) is 1. The molecule has 0 aromatic heterocycles. The first-order valence-electron chi connectivity index (χ1n) is 6.42. The smallest absolute Gasteiger partial charge is 0.0609 e. The first-order valence-corrected chi connectivity index (χ1v) is 6.42. The standard InChI is InChI=1S/C15H25NO/c1-15(2,13-17)16(3)12-8-7-11-14-9-5-4-6-10-14/h4-6,9-10,17H,7-8,11-13H2,1-3H3. The summed E-state index contributed by atoms with van der Waals surface area (Å²) in [5, 5.41) is 9.26. The molecule has 2 nitrogen and oxygen atoms in total. The van der Waals surface area contributed by atoms with Crippen LogP contribution in [0.3, 0.4) is 0 Å². The lowest BCUT2D eigenvalue weighted by Crippen LogP contribution is -2.44. The second-order valence-electron chi connectivity index (χ2n) is 5.33. The number of nitrogens with zero attached hydrogens (tertiary/aromatic N) is 1. The van der Waals surface area contributed by atoms with Crippen molar-refractivity contribution >= 4 is 0 Å². The van der Waals surface area contributed by atoms with Crippen LogP contribution in [0.25, 0.3) is 0 Å². The lowest BCUT2D eigenvalue weighted by atomic mass is 10.0. The summed E-state index contributed by atoms with van der Waals surface area (Å²) < 4.78 is 0. The molecule has 1 rings (SSSR count). The van der Waals surface area contributed by atoms with Crippen LogP contribution < -0.4 is 0 Å². The molecule has 0 aliphatic rings. The summed E-state index contributed by atoms with van der Waals surface area (Å²) in [4.78, 5) is 2.23. The molecule has 0 saturated carbocycles. The van der Waals surface area contributed by atoms with Gasteiger partial charge in [0.2, 0.25) is 0 Å².